The van der Waals surface area contributed by atoms with Crippen molar-refractivity contribution in [3.63, 3.8) is 0 Å². The van der Waals surface area contributed by atoms with Crippen molar-refractivity contribution >= 4 is 15.8 Å². The lowest BCUT2D eigenvalue weighted by atomic mass is 10.2. The van der Waals surface area contributed by atoms with Crippen molar-refractivity contribution in [1.29, 1.82) is 5.26 Å². The minimum Gasteiger partial charge on any atom is -0.466 e. The van der Waals surface area contributed by atoms with E-state index in [1.807, 2.05) is 6.07 Å². The van der Waals surface area contributed by atoms with Crippen LogP contribution in [-0.4, -0.2) is 26.7 Å². The van der Waals surface area contributed by atoms with Gasteiger partial charge < -0.3 is 4.74 Å². The van der Waals surface area contributed by atoms with E-state index in [-0.39, 0.29) is 23.7 Å². The molecular formula is C12H13NO4S. The molecule has 0 aromatic heterocycles. The number of nitrogens with zero attached hydrogens (tertiary/aromatic N) is 1. The average molecular weight is 267 g/mol. The second-order valence-electron chi connectivity index (χ2n) is 3.51. The van der Waals surface area contributed by atoms with Crippen LogP contribution in [0.5, 0.6) is 0 Å². The lowest BCUT2D eigenvalue weighted by molar-refractivity contribution is -0.142. The van der Waals surface area contributed by atoms with Crippen LogP contribution in [0.3, 0.4) is 0 Å². The van der Waals surface area contributed by atoms with Crippen molar-refractivity contribution in [2.45, 2.75) is 18.2 Å². The maximum Gasteiger partial charge on any atom is 0.306 e. The summed E-state index contributed by atoms with van der Waals surface area (Å²) in [7, 11) is -3.51. The van der Waals surface area contributed by atoms with Gasteiger partial charge in [-0.2, -0.15) is 5.26 Å². The third-order valence-electron chi connectivity index (χ3n) is 2.22. The lowest BCUT2D eigenvalue weighted by Gasteiger charge is -2.04. The molecule has 0 N–H and O–H groups in total. The van der Waals surface area contributed by atoms with E-state index in [9.17, 15) is 13.2 Å². The van der Waals surface area contributed by atoms with Gasteiger partial charge in [0.1, 0.15) is 0 Å². The predicted molar refractivity (Wildman–Crippen MR) is 64.5 cm³/mol. The number of carbonyl (C=O) groups excluding carboxylic acids is 1. The van der Waals surface area contributed by atoms with Gasteiger partial charge in [-0.05, 0) is 31.2 Å². The first-order valence-corrected chi connectivity index (χ1v) is 7.03. The van der Waals surface area contributed by atoms with Gasteiger partial charge in [-0.15, -0.1) is 0 Å². The minimum atomic E-state index is -3.51. The first-order chi connectivity index (χ1) is 8.49. The van der Waals surface area contributed by atoms with E-state index >= 15 is 0 Å². The molecule has 18 heavy (non-hydrogen) atoms. The van der Waals surface area contributed by atoms with Gasteiger partial charge in [0.15, 0.2) is 9.84 Å². The molecule has 0 aliphatic carbocycles. The second-order valence-corrected chi connectivity index (χ2v) is 5.62. The van der Waals surface area contributed by atoms with Crippen LogP contribution in [0.15, 0.2) is 29.2 Å². The maximum absolute atomic E-state index is 11.8. The number of nitriles is 1. The van der Waals surface area contributed by atoms with Crippen molar-refractivity contribution in [3.05, 3.63) is 29.8 Å². The fourth-order valence-electron chi connectivity index (χ4n) is 1.31. The number of rotatable bonds is 5. The Bertz CT molecular complexity index is 555. The SMILES string of the molecule is CCOC(=O)CCS(=O)(=O)c1ccc(C#N)cc1. The molecule has 0 aliphatic rings. The van der Waals surface area contributed by atoms with Crippen LogP contribution in [-0.2, 0) is 19.4 Å². The summed E-state index contributed by atoms with van der Waals surface area (Å²) in [5.74, 6) is -0.827. The zero-order chi connectivity index (χ0) is 13.6. The third-order valence-corrected chi connectivity index (χ3v) is 3.95. The number of hydrogen-bond acceptors (Lipinski definition) is 5. The number of ether oxygens (including phenoxy) is 1. The normalized spacial score (nSPS) is 10.7. The van der Waals surface area contributed by atoms with E-state index in [0.29, 0.717) is 5.56 Å². The highest BCUT2D eigenvalue weighted by molar-refractivity contribution is 7.91. The van der Waals surface area contributed by atoms with Crippen molar-refractivity contribution in [3.8, 4) is 6.07 Å². The summed E-state index contributed by atoms with van der Waals surface area (Å²) in [5.41, 5.74) is 0.388. The van der Waals surface area contributed by atoms with Gasteiger partial charge in [-0.25, -0.2) is 8.42 Å². The Hall–Kier alpha value is -1.87. The van der Waals surface area contributed by atoms with Gasteiger partial charge in [-0.1, -0.05) is 0 Å². The zero-order valence-corrected chi connectivity index (χ0v) is 10.7. The van der Waals surface area contributed by atoms with E-state index in [0.717, 1.165) is 0 Å². The monoisotopic (exact) mass is 267 g/mol. The second kappa shape index (κ2) is 6.17. The first-order valence-electron chi connectivity index (χ1n) is 5.38. The van der Waals surface area contributed by atoms with E-state index in [2.05, 4.69) is 4.74 Å². The Kier molecular flexibility index (Phi) is 4.86. The minimum absolute atomic E-state index is 0.103. The smallest absolute Gasteiger partial charge is 0.306 e. The molecule has 0 bridgehead atoms. The van der Waals surface area contributed by atoms with Crippen LogP contribution in [0.25, 0.3) is 0 Å². The van der Waals surface area contributed by atoms with Crippen LogP contribution in [0.2, 0.25) is 0 Å². The molecule has 0 atom stereocenters. The molecule has 0 fully saturated rings. The van der Waals surface area contributed by atoms with Crippen molar-refractivity contribution in [2.24, 2.45) is 0 Å². The van der Waals surface area contributed by atoms with Crippen LogP contribution in [0, 0.1) is 11.3 Å². The maximum atomic E-state index is 11.8. The summed E-state index contributed by atoms with van der Waals surface area (Å²) in [6.45, 7) is 1.89. The highest BCUT2D eigenvalue weighted by Crippen LogP contribution is 2.13. The van der Waals surface area contributed by atoms with Gasteiger partial charge in [0.05, 0.1) is 35.3 Å². The number of benzene rings is 1. The highest BCUT2D eigenvalue weighted by Gasteiger charge is 2.16. The molecule has 0 heterocycles. The fraction of sp³-hybridized carbons (Fsp3) is 0.333. The summed E-state index contributed by atoms with van der Waals surface area (Å²) in [6.07, 6.45) is -0.170. The van der Waals surface area contributed by atoms with Crippen LogP contribution in [0.1, 0.15) is 18.9 Å². The first kappa shape index (κ1) is 14.2. The topological polar surface area (TPSA) is 84.2 Å². The molecule has 0 amide bonds. The molecule has 1 rings (SSSR count). The van der Waals surface area contributed by atoms with Gasteiger partial charge in [0, 0.05) is 0 Å². The zero-order valence-electron chi connectivity index (χ0n) is 9.92. The average Bonchev–Trinajstić information content (AvgIpc) is 2.37. The van der Waals surface area contributed by atoms with Crippen LogP contribution >= 0.6 is 0 Å². The summed E-state index contributed by atoms with van der Waals surface area (Å²) in [4.78, 5) is 11.2. The molecule has 0 spiro atoms. The van der Waals surface area contributed by atoms with Crippen molar-refractivity contribution in [1.82, 2.24) is 0 Å². The van der Waals surface area contributed by atoms with E-state index in [4.69, 9.17) is 5.26 Å². The molecule has 1 aromatic carbocycles. The quantitative estimate of drug-likeness (QED) is 0.750. The molecule has 6 heteroatoms. The number of esters is 1. The Balaban J connectivity index is 2.74. The summed E-state index contributed by atoms with van der Waals surface area (Å²) < 4.78 is 28.4. The fourth-order valence-corrected chi connectivity index (χ4v) is 2.53. The van der Waals surface area contributed by atoms with Gasteiger partial charge in [0.2, 0.25) is 0 Å². The molecule has 1 aromatic rings. The Morgan fingerprint density at radius 2 is 1.94 bits per heavy atom. The lowest BCUT2D eigenvalue weighted by Crippen LogP contribution is -2.13. The largest absolute Gasteiger partial charge is 0.466 e. The standard InChI is InChI=1S/C12H13NO4S/c1-2-17-12(14)7-8-18(15,16)11-5-3-10(9-13)4-6-11/h3-6H,2,7-8H2,1H3. The molecule has 0 saturated heterocycles. The molecule has 96 valence electrons. The summed E-state index contributed by atoms with van der Waals surface area (Å²) >= 11 is 0. The highest BCUT2D eigenvalue weighted by atomic mass is 32.2. The molecule has 0 saturated carbocycles. The molecule has 5 nitrogen and oxygen atoms in total. The van der Waals surface area contributed by atoms with Crippen molar-refractivity contribution in [2.75, 3.05) is 12.4 Å². The molecule has 0 radical (unpaired) electrons. The van der Waals surface area contributed by atoms with E-state index in [1.165, 1.54) is 24.3 Å². The molecule has 0 unspecified atom stereocenters. The number of hydrogen-bond donors (Lipinski definition) is 0. The summed E-state index contributed by atoms with van der Waals surface area (Å²) in [5, 5.41) is 8.61. The van der Waals surface area contributed by atoms with Crippen molar-refractivity contribution < 1.29 is 17.9 Å². The van der Waals surface area contributed by atoms with Gasteiger partial charge in [0.25, 0.3) is 0 Å². The third kappa shape index (κ3) is 3.86. The molecule has 0 aliphatic heterocycles. The summed E-state index contributed by atoms with van der Waals surface area (Å²) in [6, 6.07) is 7.48. The Labute approximate surface area is 106 Å². The number of carbonyl (C=O) groups is 1. The Morgan fingerprint density at radius 1 is 1.33 bits per heavy atom. The molecular weight excluding hydrogens is 254 g/mol. The predicted octanol–water partition coefficient (Wildman–Crippen LogP) is 1.29. The van der Waals surface area contributed by atoms with Crippen LogP contribution in [0.4, 0.5) is 0 Å². The van der Waals surface area contributed by atoms with Gasteiger partial charge in [-0.3, -0.25) is 4.79 Å². The van der Waals surface area contributed by atoms with Crippen LogP contribution < -0.4 is 0 Å². The van der Waals surface area contributed by atoms with Gasteiger partial charge >= 0.3 is 5.97 Å². The Morgan fingerprint density at radius 3 is 2.44 bits per heavy atom. The van der Waals surface area contributed by atoms with E-state index in [1.54, 1.807) is 6.92 Å². The van der Waals surface area contributed by atoms with E-state index < -0.39 is 15.8 Å². The number of sulfone groups is 1.